The van der Waals surface area contributed by atoms with E-state index in [9.17, 15) is 23.5 Å². The van der Waals surface area contributed by atoms with Crippen LogP contribution in [0.3, 0.4) is 0 Å². The summed E-state index contributed by atoms with van der Waals surface area (Å²) >= 11 is 1.20. The number of hydrogen-bond donors (Lipinski definition) is 2. The van der Waals surface area contributed by atoms with Crippen LogP contribution in [0.1, 0.15) is 56.9 Å². The number of carboxylic acid groups (broad SMARTS) is 1. The number of aliphatic hydroxyl groups excluding tert-OH is 1. The molecule has 2 N–H and O–H groups in total. The fourth-order valence-electron chi connectivity index (χ4n) is 4.19. The summed E-state index contributed by atoms with van der Waals surface area (Å²) in [5.74, 6) is -4.36. The molecule has 2 heterocycles. The Morgan fingerprint density at radius 2 is 1.97 bits per heavy atom. The molecular formula is C24H29F2NO5S. The van der Waals surface area contributed by atoms with Gasteiger partial charge >= 0.3 is 12.1 Å². The Morgan fingerprint density at radius 1 is 1.27 bits per heavy atom. The van der Waals surface area contributed by atoms with E-state index in [2.05, 4.69) is 0 Å². The number of benzene rings is 1. The second-order valence-corrected chi connectivity index (χ2v) is 9.69. The number of thiophene rings is 1. The topological polar surface area (TPSA) is 87.1 Å². The van der Waals surface area contributed by atoms with Gasteiger partial charge in [0.25, 0.3) is 5.92 Å². The summed E-state index contributed by atoms with van der Waals surface area (Å²) in [5.41, 5.74) is 1.21. The van der Waals surface area contributed by atoms with Gasteiger partial charge in [-0.2, -0.15) is 8.78 Å². The van der Waals surface area contributed by atoms with Gasteiger partial charge in [-0.15, -0.1) is 11.3 Å². The third-order valence-electron chi connectivity index (χ3n) is 5.84. The van der Waals surface area contributed by atoms with E-state index in [0.717, 1.165) is 4.88 Å². The third-order valence-corrected chi connectivity index (χ3v) is 6.98. The number of carboxylic acids is 1. The molecule has 0 unspecified atom stereocenters. The van der Waals surface area contributed by atoms with Crippen LogP contribution in [0.15, 0.2) is 30.3 Å². The summed E-state index contributed by atoms with van der Waals surface area (Å²) in [6.07, 6.45) is -0.567. The fourth-order valence-corrected chi connectivity index (χ4v) is 5.07. The van der Waals surface area contributed by atoms with Gasteiger partial charge in [-0.1, -0.05) is 17.2 Å². The van der Waals surface area contributed by atoms with Crippen LogP contribution in [-0.4, -0.2) is 52.5 Å². The maximum Gasteiger partial charge on any atom is 0.410 e. The predicted molar refractivity (Wildman–Crippen MR) is 121 cm³/mol. The van der Waals surface area contributed by atoms with Crippen LogP contribution < -0.4 is 0 Å². The molecular weight excluding hydrogens is 452 g/mol. The number of aryl methyl sites for hydroxylation is 3. The smallest absolute Gasteiger partial charge is 0.410 e. The van der Waals surface area contributed by atoms with Crippen molar-refractivity contribution in [3.63, 3.8) is 0 Å². The first-order chi connectivity index (χ1) is 15.6. The number of aliphatic hydroxyl groups is 1. The third kappa shape index (κ3) is 6.29. The van der Waals surface area contributed by atoms with Crippen LogP contribution >= 0.6 is 11.3 Å². The summed E-state index contributed by atoms with van der Waals surface area (Å²) < 4.78 is 34.9. The Morgan fingerprint density at radius 3 is 2.61 bits per heavy atom. The van der Waals surface area contributed by atoms with Crippen molar-refractivity contribution in [2.75, 3.05) is 13.2 Å². The van der Waals surface area contributed by atoms with Crippen molar-refractivity contribution in [3.05, 3.63) is 56.8 Å². The lowest BCUT2D eigenvalue weighted by Crippen LogP contribution is -2.47. The highest BCUT2D eigenvalue weighted by molar-refractivity contribution is 7.13. The molecule has 0 bridgehead atoms. The van der Waals surface area contributed by atoms with Crippen molar-refractivity contribution in [2.24, 2.45) is 0 Å². The van der Waals surface area contributed by atoms with Crippen molar-refractivity contribution in [3.8, 4) is 0 Å². The summed E-state index contributed by atoms with van der Waals surface area (Å²) in [4.78, 5) is 26.0. The Kier molecular flexibility index (Phi) is 8.07. The van der Waals surface area contributed by atoms with Crippen LogP contribution in [0, 0.1) is 13.8 Å². The van der Waals surface area contributed by atoms with E-state index in [-0.39, 0.29) is 35.9 Å². The van der Waals surface area contributed by atoms with Crippen molar-refractivity contribution >= 4 is 23.4 Å². The van der Waals surface area contributed by atoms with Gasteiger partial charge in [0.05, 0.1) is 6.61 Å². The number of ether oxygens (including phenoxy) is 1. The molecule has 1 aliphatic rings. The summed E-state index contributed by atoms with van der Waals surface area (Å²) in [5, 5.41) is 19.4. The zero-order valence-electron chi connectivity index (χ0n) is 18.7. The van der Waals surface area contributed by atoms with Crippen molar-refractivity contribution in [2.45, 2.75) is 64.0 Å². The van der Waals surface area contributed by atoms with Crippen molar-refractivity contribution in [1.29, 1.82) is 0 Å². The maximum absolute atomic E-state index is 14.9. The average Bonchev–Trinajstić information content (AvgIpc) is 3.22. The van der Waals surface area contributed by atoms with Gasteiger partial charge in [-0.3, -0.25) is 0 Å². The normalized spacial score (nSPS) is 17.7. The highest BCUT2D eigenvalue weighted by Crippen LogP contribution is 2.35. The maximum atomic E-state index is 14.9. The van der Waals surface area contributed by atoms with E-state index in [0.29, 0.717) is 36.9 Å². The number of nitrogens with zero attached hydrogens (tertiary/aromatic N) is 1. The fraction of sp³-hybridized carbons (Fsp3) is 0.500. The first-order valence-electron chi connectivity index (χ1n) is 11.0. The number of carbonyl (C=O) groups is 2. The standard InChI is InChI=1S/C24H29F2NO5S/c1-15-12-16(2)14-17(13-15)24(25,26)21(28)8-5-18-9-11-32-23(31)27(18)10-3-4-19-6-7-20(33-19)22(29)30/h6-7,12-14,18,21,28H,3-5,8-11H2,1-2H3,(H,29,30)/t18-,21+/m0/s1. The predicted octanol–water partition coefficient (Wildman–Crippen LogP) is 5.14. The Hall–Kier alpha value is -2.52. The summed E-state index contributed by atoms with van der Waals surface area (Å²) in [7, 11) is 0. The number of hydrogen-bond acceptors (Lipinski definition) is 5. The molecule has 2 aromatic rings. The number of rotatable bonds is 10. The number of amides is 1. The second kappa shape index (κ2) is 10.6. The van der Waals surface area contributed by atoms with Crippen LogP contribution in [-0.2, 0) is 17.1 Å². The molecule has 0 aliphatic carbocycles. The highest BCUT2D eigenvalue weighted by atomic mass is 32.1. The Labute approximate surface area is 195 Å². The molecule has 1 aliphatic heterocycles. The zero-order valence-corrected chi connectivity index (χ0v) is 19.5. The molecule has 0 spiro atoms. The molecule has 1 fully saturated rings. The van der Waals surface area contributed by atoms with Crippen LogP contribution in [0.5, 0.6) is 0 Å². The van der Waals surface area contributed by atoms with E-state index in [1.165, 1.54) is 28.4 Å². The number of carbonyl (C=O) groups excluding carboxylic acids is 1. The molecule has 9 heteroatoms. The largest absolute Gasteiger partial charge is 0.477 e. The second-order valence-electron chi connectivity index (χ2n) is 8.52. The molecule has 3 rings (SSSR count). The molecule has 1 aromatic heterocycles. The lowest BCUT2D eigenvalue weighted by molar-refractivity contribution is -0.120. The van der Waals surface area contributed by atoms with Gasteiger partial charge in [0.2, 0.25) is 0 Å². The van der Waals surface area contributed by atoms with Gasteiger partial charge in [-0.05, 0) is 63.8 Å². The van der Waals surface area contributed by atoms with E-state index < -0.39 is 24.1 Å². The van der Waals surface area contributed by atoms with E-state index in [4.69, 9.17) is 9.84 Å². The molecule has 1 aromatic carbocycles. The molecule has 0 saturated carbocycles. The molecule has 0 radical (unpaired) electrons. The molecule has 180 valence electrons. The molecule has 2 atom stereocenters. The monoisotopic (exact) mass is 481 g/mol. The number of halogens is 2. The first kappa shape index (κ1) is 25.1. The van der Waals surface area contributed by atoms with Gasteiger partial charge in [0, 0.05) is 29.4 Å². The van der Waals surface area contributed by atoms with Crippen molar-refractivity contribution in [1.82, 2.24) is 4.90 Å². The minimum Gasteiger partial charge on any atom is -0.477 e. The van der Waals surface area contributed by atoms with Gasteiger partial charge in [0.1, 0.15) is 11.0 Å². The lowest BCUT2D eigenvalue weighted by atomic mass is 9.94. The van der Waals surface area contributed by atoms with Crippen LogP contribution in [0.4, 0.5) is 13.6 Å². The minimum absolute atomic E-state index is 0.151. The average molecular weight is 482 g/mol. The van der Waals surface area contributed by atoms with E-state index in [1.54, 1.807) is 32.0 Å². The SMILES string of the molecule is Cc1cc(C)cc(C(F)(F)[C@H](O)CC[C@H]2CCOC(=O)N2CCCc2ccc(C(=O)O)s2)c1. The Balaban J connectivity index is 1.58. The molecule has 33 heavy (non-hydrogen) atoms. The van der Waals surface area contributed by atoms with Gasteiger partial charge in [-0.25, -0.2) is 9.59 Å². The van der Waals surface area contributed by atoms with Crippen LogP contribution in [0.2, 0.25) is 0 Å². The van der Waals surface area contributed by atoms with Crippen molar-refractivity contribution < 1.29 is 33.3 Å². The molecule has 6 nitrogen and oxygen atoms in total. The van der Waals surface area contributed by atoms with Gasteiger partial charge < -0.3 is 19.8 Å². The minimum atomic E-state index is -3.39. The van der Waals surface area contributed by atoms with E-state index >= 15 is 0 Å². The van der Waals surface area contributed by atoms with Crippen LogP contribution in [0.25, 0.3) is 0 Å². The quantitative estimate of drug-likeness (QED) is 0.491. The summed E-state index contributed by atoms with van der Waals surface area (Å²) in [6, 6.07) is 7.59. The van der Waals surface area contributed by atoms with E-state index in [1.807, 2.05) is 0 Å². The van der Waals surface area contributed by atoms with Gasteiger partial charge in [0.15, 0.2) is 0 Å². The zero-order chi connectivity index (χ0) is 24.2. The lowest BCUT2D eigenvalue weighted by Gasteiger charge is -2.36. The number of alkyl halides is 2. The first-order valence-corrected chi connectivity index (χ1v) is 11.8. The number of cyclic esters (lactones) is 1. The molecule has 1 amide bonds. The number of aromatic carboxylic acids is 1. The highest BCUT2D eigenvalue weighted by Gasteiger charge is 2.41. The molecule has 1 saturated heterocycles. The summed E-state index contributed by atoms with van der Waals surface area (Å²) in [6.45, 7) is 4.07. The Bertz CT molecular complexity index is 973.